The zero-order valence-corrected chi connectivity index (χ0v) is 58.0. The van der Waals surface area contributed by atoms with Crippen molar-refractivity contribution in [3.8, 4) is 0 Å². The third-order valence-corrected chi connectivity index (χ3v) is 380. The van der Waals surface area contributed by atoms with Gasteiger partial charge >= 0.3 is 0 Å². The largest absolute Gasteiger partial charge is 0.0739 e. The summed E-state index contributed by atoms with van der Waals surface area (Å²) in [6.07, 6.45) is 0. The minimum absolute atomic E-state index is 0. The zero-order valence-electron chi connectivity index (χ0n) is 36.9. The smallest absolute Gasteiger partial charge is 0.0301 e. The molecule has 0 nitrogen and oxygen atoms in total. The van der Waals surface area contributed by atoms with Gasteiger partial charge in [-0.05, 0) is 0 Å². The van der Waals surface area contributed by atoms with Crippen molar-refractivity contribution in [2.75, 3.05) is 0 Å². The van der Waals surface area contributed by atoms with E-state index in [9.17, 15) is 0 Å². The van der Waals surface area contributed by atoms with Crippen molar-refractivity contribution in [3.63, 3.8) is 0 Å². The molecule has 0 saturated carbocycles. The minimum atomic E-state index is -1.00. The maximum atomic E-state index is 2.93. The molecule has 0 N–H and O–H groups in total. The standard InChI is InChI=1S/2C14H42Si8.2Sb/c2*1-17(2,3)15-19(7,8)21(11,12)16(18(4,5)6)22(13,14)20(15,9)10;;/h2*1-14H3;;. The predicted octanol–water partition coefficient (Wildman–Crippen LogP) is 9.49. The summed E-state index contributed by atoms with van der Waals surface area (Å²) in [4.78, 5) is 0. The Morgan fingerprint density at radius 1 is 0.217 bits per heavy atom. The minimum Gasteiger partial charge on any atom is -0.0739 e. The molecular weight excluding hydrogens is 1030 g/mol. The second-order valence-corrected chi connectivity index (χ2v) is 196. The van der Waals surface area contributed by atoms with Crippen molar-refractivity contribution in [1.29, 1.82) is 0 Å². The molecule has 18 heteroatoms. The van der Waals surface area contributed by atoms with E-state index in [1.54, 1.807) is 0 Å². The van der Waals surface area contributed by atoms with Crippen LogP contribution in [0, 0.1) is 0 Å². The van der Waals surface area contributed by atoms with Gasteiger partial charge < -0.3 is 0 Å². The molecule has 270 valence electrons. The Balaban J connectivity index is 0. The van der Waals surface area contributed by atoms with E-state index in [0.29, 0.717) is 0 Å². The molecule has 0 amide bonds. The van der Waals surface area contributed by atoms with Crippen LogP contribution in [0.4, 0.5) is 0 Å². The first kappa shape index (κ1) is 53.2. The fourth-order valence-electron chi connectivity index (χ4n) is 13.1. The van der Waals surface area contributed by atoms with E-state index < -0.39 is 87.2 Å². The van der Waals surface area contributed by atoms with Crippen molar-refractivity contribution in [2.24, 2.45) is 0 Å². The molecule has 0 aromatic rings. The Hall–Kier alpha value is 5.11. The van der Waals surface area contributed by atoms with E-state index in [1.165, 1.54) is 0 Å². The molecule has 2 heterocycles. The Morgan fingerprint density at radius 2 is 0.283 bits per heavy atom. The molecule has 0 bridgehead atoms. The van der Waals surface area contributed by atoms with E-state index in [-0.39, 0.29) is 78.3 Å². The van der Waals surface area contributed by atoms with Crippen molar-refractivity contribution < 1.29 is 0 Å². The van der Waals surface area contributed by atoms with Gasteiger partial charge in [0, 0.05) is 165 Å². The van der Waals surface area contributed by atoms with Crippen LogP contribution >= 0.6 is 0 Å². The van der Waals surface area contributed by atoms with Crippen molar-refractivity contribution >= 4 is 165 Å². The van der Waals surface area contributed by atoms with Gasteiger partial charge in [0.15, 0.2) is 0 Å². The third-order valence-electron chi connectivity index (χ3n) is 14.2. The molecule has 0 atom stereocenters. The van der Waals surface area contributed by atoms with Crippen molar-refractivity contribution in [1.82, 2.24) is 0 Å². The normalized spacial score (nSPS) is 27.4. The number of hydrogen-bond donors (Lipinski definition) is 0. The van der Waals surface area contributed by atoms with Crippen LogP contribution in [0.25, 0.3) is 0 Å². The molecule has 2 rings (SSSR count). The molecule has 46 heavy (non-hydrogen) atoms. The molecule has 2 saturated heterocycles. The number of hydrogen-bond acceptors (Lipinski definition) is 0. The first-order valence-electron chi connectivity index (χ1n) is 18.0. The molecular formula is C28H84Sb2Si16. The molecule has 2 fully saturated rings. The van der Waals surface area contributed by atoms with E-state index in [2.05, 4.69) is 183 Å². The first-order valence-corrected chi connectivity index (χ1v) is 78.0. The Kier molecular flexibility index (Phi) is 17.6. The van der Waals surface area contributed by atoms with Gasteiger partial charge in [-0.2, -0.15) is 0 Å². The van der Waals surface area contributed by atoms with E-state index >= 15 is 0 Å². The topological polar surface area (TPSA) is 0 Å². The average molecular weight is 1110 g/mol. The molecule has 10 radical (unpaired) electrons. The van der Waals surface area contributed by atoms with Crippen LogP contribution in [0.3, 0.4) is 0 Å². The Labute approximate surface area is 344 Å². The molecule has 2 aliphatic heterocycles. The third kappa shape index (κ3) is 8.88. The van der Waals surface area contributed by atoms with Crippen LogP contribution in [0.5, 0.6) is 0 Å². The van der Waals surface area contributed by atoms with Crippen LogP contribution in [-0.4, -0.2) is 165 Å². The summed E-state index contributed by atoms with van der Waals surface area (Å²) in [6.45, 7) is 80.0. The summed E-state index contributed by atoms with van der Waals surface area (Å²) in [7, 11) is -12.0. The monoisotopic (exact) mass is 1110 g/mol. The second-order valence-electron chi connectivity index (χ2n) is 23.5. The summed E-state index contributed by atoms with van der Waals surface area (Å²) in [5.74, 6) is 0. The average Bonchev–Trinajstić information content (AvgIpc) is 2.58. The Morgan fingerprint density at radius 3 is 0.326 bits per heavy atom. The molecule has 2 aliphatic rings. The predicted molar refractivity (Wildman–Crippen MR) is 268 cm³/mol. The van der Waals surface area contributed by atoms with E-state index in [0.717, 1.165) is 0 Å². The van der Waals surface area contributed by atoms with E-state index in [4.69, 9.17) is 0 Å². The quantitative estimate of drug-likeness (QED) is 0.247. The van der Waals surface area contributed by atoms with Gasteiger partial charge in [0.25, 0.3) is 0 Å². The molecule has 0 aliphatic carbocycles. The SMILES string of the molecule is C[Si](C)(C)[Si]1[Si](C)(C)[Si](C)(C)[Si]([Si](C)(C)C)[Si](C)(C)[Si]1(C)C.C[Si](C)(C)[Si]1[Si](C)(C)[Si](C)(C)[Si]([Si](C)(C)C)[Si](C)(C)[Si]1(C)C.[Sb].[Sb]. The van der Waals surface area contributed by atoms with Gasteiger partial charge in [0.2, 0.25) is 0 Å². The summed E-state index contributed by atoms with van der Waals surface area (Å²) >= 11 is 0. The number of rotatable bonds is 4. The van der Waals surface area contributed by atoms with Crippen LogP contribution < -0.4 is 0 Å². The summed E-state index contributed by atoms with van der Waals surface area (Å²) in [6, 6.07) is 0. The fraction of sp³-hybridized carbons (Fsp3) is 1.00. The van der Waals surface area contributed by atoms with Gasteiger partial charge in [0.1, 0.15) is 0 Å². The Bertz CT molecular complexity index is 833. The van der Waals surface area contributed by atoms with Gasteiger partial charge in [-0.1, -0.05) is 183 Å². The summed E-state index contributed by atoms with van der Waals surface area (Å²) < 4.78 is 0. The van der Waals surface area contributed by atoms with E-state index in [1.807, 2.05) is 0 Å². The van der Waals surface area contributed by atoms with Crippen LogP contribution in [0.2, 0.25) is 183 Å². The maximum absolute atomic E-state index is 2.93. The maximum Gasteiger partial charge on any atom is 0.0301 e. The van der Waals surface area contributed by atoms with Crippen LogP contribution in [0.1, 0.15) is 0 Å². The van der Waals surface area contributed by atoms with Gasteiger partial charge in [-0.25, -0.2) is 0 Å². The molecule has 0 spiro atoms. The molecule has 0 aromatic heterocycles. The van der Waals surface area contributed by atoms with Crippen LogP contribution in [-0.2, 0) is 0 Å². The molecule has 0 aromatic carbocycles. The van der Waals surface area contributed by atoms with Gasteiger partial charge in [-0.3, -0.25) is 0 Å². The van der Waals surface area contributed by atoms with Gasteiger partial charge in [-0.15, -0.1) is 0 Å². The molecule has 0 unspecified atom stereocenters. The zero-order chi connectivity index (χ0) is 36.3. The fourth-order valence-corrected chi connectivity index (χ4v) is 732. The van der Waals surface area contributed by atoms with Crippen molar-refractivity contribution in [2.45, 2.75) is 183 Å². The summed E-state index contributed by atoms with van der Waals surface area (Å²) in [5.41, 5.74) is 0. The van der Waals surface area contributed by atoms with Crippen molar-refractivity contribution in [3.05, 3.63) is 0 Å². The first-order chi connectivity index (χ1) is 18.5. The second kappa shape index (κ2) is 15.2. The summed E-state index contributed by atoms with van der Waals surface area (Å²) in [5, 5.41) is 0. The van der Waals surface area contributed by atoms with Gasteiger partial charge in [0.05, 0.1) is 0 Å². The van der Waals surface area contributed by atoms with Crippen LogP contribution in [0.15, 0.2) is 0 Å².